The van der Waals surface area contributed by atoms with Crippen molar-refractivity contribution >= 4 is 39.1 Å². The highest BCUT2D eigenvalue weighted by Gasteiger charge is 2.11. The summed E-state index contributed by atoms with van der Waals surface area (Å²) >= 11 is 15.4. The topological polar surface area (TPSA) is 20.2 Å². The molecule has 1 atom stereocenters. The minimum atomic E-state index is -0.475. The molecule has 1 N–H and O–H groups in total. The lowest BCUT2D eigenvalue weighted by atomic mass is 10.0. The summed E-state index contributed by atoms with van der Waals surface area (Å²) in [4.78, 5) is 0. The van der Waals surface area contributed by atoms with E-state index in [1.165, 1.54) is 0 Å². The molecule has 0 saturated heterocycles. The highest BCUT2D eigenvalue weighted by Crippen LogP contribution is 2.24. The molecule has 0 aliphatic rings. The Balaban J connectivity index is 2.05. The van der Waals surface area contributed by atoms with Crippen LogP contribution in [-0.2, 0) is 12.8 Å². The lowest BCUT2D eigenvalue weighted by molar-refractivity contribution is 0.175. The van der Waals surface area contributed by atoms with Crippen LogP contribution in [0.3, 0.4) is 0 Å². The summed E-state index contributed by atoms with van der Waals surface area (Å²) in [5.41, 5.74) is 1.99. The average molecular weight is 360 g/mol. The SMILES string of the molecule is OC(Cc1ccc(Cl)cc1Cl)Cc1ccccc1Br. The van der Waals surface area contributed by atoms with E-state index < -0.39 is 6.10 Å². The molecule has 0 aliphatic carbocycles. The van der Waals surface area contributed by atoms with Gasteiger partial charge < -0.3 is 5.11 Å². The minimum absolute atomic E-state index is 0.475. The van der Waals surface area contributed by atoms with Gasteiger partial charge in [-0.15, -0.1) is 0 Å². The second kappa shape index (κ2) is 6.76. The molecule has 0 bridgehead atoms. The van der Waals surface area contributed by atoms with Crippen LogP contribution in [0.1, 0.15) is 11.1 Å². The first kappa shape index (κ1) is 14.9. The molecule has 0 spiro atoms. The van der Waals surface area contributed by atoms with E-state index in [2.05, 4.69) is 15.9 Å². The molecular weight excluding hydrogens is 347 g/mol. The third kappa shape index (κ3) is 4.22. The van der Waals surface area contributed by atoms with Crippen LogP contribution in [0.4, 0.5) is 0 Å². The molecule has 0 radical (unpaired) electrons. The van der Waals surface area contributed by atoms with Gasteiger partial charge in [0.05, 0.1) is 6.10 Å². The van der Waals surface area contributed by atoms with Gasteiger partial charge in [0.2, 0.25) is 0 Å². The number of rotatable bonds is 4. The Bertz CT molecular complexity index is 572. The van der Waals surface area contributed by atoms with Crippen LogP contribution in [0.5, 0.6) is 0 Å². The van der Waals surface area contributed by atoms with Gasteiger partial charge in [0.25, 0.3) is 0 Å². The molecule has 0 saturated carbocycles. The summed E-state index contributed by atoms with van der Waals surface area (Å²) in [6.45, 7) is 0. The molecule has 0 aromatic heterocycles. The van der Waals surface area contributed by atoms with Crippen molar-refractivity contribution in [2.24, 2.45) is 0 Å². The molecule has 19 heavy (non-hydrogen) atoms. The number of aliphatic hydroxyl groups is 1. The molecule has 0 aliphatic heterocycles. The fourth-order valence-corrected chi connectivity index (χ4v) is 2.86. The maximum absolute atomic E-state index is 10.2. The standard InChI is InChI=1S/C15H13BrCl2O/c16-14-4-2-1-3-10(14)7-13(19)8-11-5-6-12(17)9-15(11)18/h1-6,9,13,19H,7-8H2. The molecule has 0 amide bonds. The average Bonchev–Trinajstić information content (AvgIpc) is 2.36. The first-order valence-corrected chi connectivity index (χ1v) is 7.46. The zero-order valence-corrected chi connectivity index (χ0v) is 13.2. The van der Waals surface area contributed by atoms with Crippen LogP contribution >= 0.6 is 39.1 Å². The van der Waals surface area contributed by atoms with E-state index in [4.69, 9.17) is 23.2 Å². The largest absolute Gasteiger partial charge is 0.392 e. The van der Waals surface area contributed by atoms with Crippen molar-refractivity contribution in [3.8, 4) is 0 Å². The van der Waals surface area contributed by atoms with Crippen LogP contribution in [0.2, 0.25) is 10.0 Å². The van der Waals surface area contributed by atoms with Crippen LogP contribution in [0.25, 0.3) is 0 Å². The van der Waals surface area contributed by atoms with Crippen LogP contribution in [0.15, 0.2) is 46.9 Å². The lowest BCUT2D eigenvalue weighted by Crippen LogP contribution is -2.14. The molecule has 4 heteroatoms. The first-order chi connectivity index (χ1) is 9.06. The molecule has 1 nitrogen and oxygen atoms in total. The van der Waals surface area contributed by atoms with E-state index in [-0.39, 0.29) is 0 Å². The molecule has 2 aromatic carbocycles. The van der Waals surface area contributed by atoms with Crippen molar-refractivity contribution in [1.82, 2.24) is 0 Å². The predicted octanol–water partition coefficient (Wildman–Crippen LogP) is 4.90. The van der Waals surface area contributed by atoms with Gasteiger partial charge in [0.15, 0.2) is 0 Å². The summed E-state index contributed by atoms with van der Waals surface area (Å²) in [6, 6.07) is 13.2. The van der Waals surface area contributed by atoms with E-state index in [1.807, 2.05) is 30.3 Å². The van der Waals surface area contributed by atoms with E-state index in [9.17, 15) is 5.11 Å². The Morgan fingerprint density at radius 3 is 2.37 bits per heavy atom. The minimum Gasteiger partial charge on any atom is -0.392 e. The van der Waals surface area contributed by atoms with Crippen molar-refractivity contribution in [3.05, 3.63) is 68.1 Å². The van der Waals surface area contributed by atoms with Gasteiger partial charge in [0, 0.05) is 20.9 Å². The van der Waals surface area contributed by atoms with Gasteiger partial charge in [-0.25, -0.2) is 0 Å². The second-order valence-electron chi connectivity index (χ2n) is 4.39. The highest BCUT2D eigenvalue weighted by molar-refractivity contribution is 9.10. The van der Waals surface area contributed by atoms with Crippen molar-refractivity contribution in [3.63, 3.8) is 0 Å². The van der Waals surface area contributed by atoms with Crippen molar-refractivity contribution < 1.29 is 5.11 Å². The second-order valence-corrected chi connectivity index (χ2v) is 6.09. The number of benzene rings is 2. The van der Waals surface area contributed by atoms with Gasteiger partial charge in [0.1, 0.15) is 0 Å². The molecule has 0 heterocycles. The summed E-state index contributed by atoms with van der Waals surface area (Å²) in [6.07, 6.45) is 0.620. The van der Waals surface area contributed by atoms with Crippen molar-refractivity contribution in [1.29, 1.82) is 0 Å². The van der Waals surface area contributed by atoms with Crippen molar-refractivity contribution in [2.75, 3.05) is 0 Å². The molecule has 100 valence electrons. The Kier molecular flexibility index (Phi) is 5.28. The van der Waals surface area contributed by atoms with E-state index >= 15 is 0 Å². The molecule has 2 rings (SSSR count). The normalized spacial score (nSPS) is 12.4. The van der Waals surface area contributed by atoms with Gasteiger partial charge in [-0.2, -0.15) is 0 Å². The number of halogens is 3. The van der Waals surface area contributed by atoms with E-state index in [1.54, 1.807) is 12.1 Å². The highest BCUT2D eigenvalue weighted by atomic mass is 79.9. The van der Waals surface area contributed by atoms with Crippen LogP contribution in [-0.4, -0.2) is 11.2 Å². The summed E-state index contributed by atoms with van der Waals surface area (Å²) in [5.74, 6) is 0. The van der Waals surface area contributed by atoms with Gasteiger partial charge in [-0.1, -0.05) is 63.4 Å². The molecule has 2 aromatic rings. The summed E-state index contributed by atoms with van der Waals surface area (Å²) in [5, 5.41) is 11.4. The predicted molar refractivity (Wildman–Crippen MR) is 84.0 cm³/mol. The fourth-order valence-electron chi connectivity index (χ4n) is 1.93. The zero-order chi connectivity index (χ0) is 13.8. The van der Waals surface area contributed by atoms with Crippen molar-refractivity contribution in [2.45, 2.75) is 18.9 Å². The van der Waals surface area contributed by atoms with Gasteiger partial charge in [-0.3, -0.25) is 0 Å². The van der Waals surface area contributed by atoms with Gasteiger partial charge >= 0.3 is 0 Å². The first-order valence-electron chi connectivity index (χ1n) is 5.91. The maximum Gasteiger partial charge on any atom is 0.0621 e. The van der Waals surface area contributed by atoms with Gasteiger partial charge in [-0.05, 0) is 35.7 Å². The number of hydrogen-bond acceptors (Lipinski definition) is 1. The monoisotopic (exact) mass is 358 g/mol. The Morgan fingerprint density at radius 1 is 1.00 bits per heavy atom. The lowest BCUT2D eigenvalue weighted by Gasteiger charge is -2.13. The molecule has 0 fully saturated rings. The molecule has 1 unspecified atom stereocenters. The summed E-state index contributed by atoms with van der Waals surface area (Å²) < 4.78 is 1.01. The third-order valence-electron chi connectivity index (χ3n) is 2.88. The number of aliphatic hydroxyl groups excluding tert-OH is 1. The smallest absolute Gasteiger partial charge is 0.0621 e. The number of hydrogen-bond donors (Lipinski definition) is 1. The van der Waals surface area contributed by atoms with E-state index in [0.717, 1.165) is 15.6 Å². The fraction of sp³-hybridized carbons (Fsp3) is 0.200. The Hall–Kier alpha value is -0.540. The maximum atomic E-state index is 10.2. The summed E-state index contributed by atoms with van der Waals surface area (Å²) in [7, 11) is 0. The van der Waals surface area contributed by atoms with Crippen LogP contribution < -0.4 is 0 Å². The van der Waals surface area contributed by atoms with E-state index in [0.29, 0.717) is 22.9 Å². The Labute approximate surface area is 131 Å². The molecular formula is C15H13BrCl2O. The quantitative estimate of drug-likeness (QED) is 0.822. The van der Waals surface area contributed by atoms with Crippen LogP contribution in [0, 0.1) is 0 Å². The zero-order valence-electron chi connectivity index (χ0n) is 10.1. The third-order valence-corrected chi connectivity index (χ3v) is 4.24. The Morgan fingerprint density at radius 2 is 1.68 bits per heavy atom.